The number of aromatic hydroxyl groups is 1. The van der Waals surface area contributed by atoms with Crippen LogP contribution >= 0.6 is 11.3 Å². The van der Waals surface area contributed by atoms with E-state index in [1.807, 2.05) is 41.3 Å². The molecule has 4 heterocycles. The smallest absolute Gasteiger partial charge is 0.305 e. The maximum atomic E-state index is 14.7. The number of pyridine rings is 1. The number of carbonyl (C=O) groups is 1. The van der Waals surface area contributed by atoms with E-state index >= 15 is 0 Å². The van der Waals surface area contributed by atoms with Gasteiger partial charge in [-0.05, 0) is 73.3 Å². The largest absolute Gasteiger partial charge is 0.506 e. The molecule has 0 radical (unpaired) electrons. The van der Waals surface area contributed by atoms with Gasteiger partial charge in [0.25, 0.3) is 5.91 Å². The van der Waals surface area contributed by atoms with Gasteiger partial charge >= 0.3 is 4.87 Å². The zero-order valence-electron chi connectivity index (χ0n) is 26.5. The van der Waals surface area contributed by atoms with Crippen LogP contribution in [0, 0.1) is 5.82 Å². The number of fused-ring (bicyclic) bond motifs is 2. The Morgan fingerprint density at radius 1 is 1.10 bits per heavy atom. The van der Waals surface area contributed by atoms with E-state index in [1.54, 1.807) is 24.4 Å². The van der Waals surface area contributed by atoms with Crippen LogP contribution in [0.15, 0.2) is 71.7 Å². The van der Waals surface area contributed by atoms with Gasteiger partial charge in [0.05, 0.1) is 35.1 Å². The lowest BCUT2D eigenvalue weighted by Gasteiger charge is -2.47. The Balaban J connectivity index is 0.907. The summed E-state index contributed by atoms with van der Waals surface area (Å²) in [7, 11) is 0. The second kappa shape index (κ2) is 13.7. The number of amides is 1. The van der Waals surface area contributed by atoms with Gasteiger partial charge in [-0.1, -0.05) is 35.6 Å². The van der Waals surface area contributed by atoms with E-state index in [-0.39, 0.29) is 34.5 Å². The standard InChI is InChI=1S/C36H38FN5O5S/c37-27-17-23(7-11-38-20-31(44)28-5-6-30(43)32-33(28)48-35(46)40-32)16-24(18-27)21-41-12-8-36(9-13-41)22-42(14-15-47-36)34(45)26-4-3-25-2-1-10-39-29(25)19-26/h1-6,10,16-19,31,38,43-44H,7-9,11-15,20-22H2,(H,40,46). The van der Waals surface area contributed by atoms with E-state index in [9.17, 15) is 24.2 Å². The van der Waals surface area contributed by atoms with Crippen LogP contribution in [0.2, 0.25) is 0 Å². The van der Waals surface area contributed by atoms with E-state index in [4.69, 9.17) is 4.74 Å². The number of nitrogens with zero attached hydrogens (tertiary/aromatic N) is 3. The molecule has 1 amide bonds. The molecule has 1 unspecified atom stereocenters. The number of aliphatic hydroxyl groups is 1. The minimum Gasteiger partial charge on any atom is -0.506 e. The molecule has 2 aliphatic heterocycles. The maximum absolute atomic E-state index is 14.7. The maximum Gasteiger partial charge on any atom is 0.305 e. The van der Waals surface area contributed by atoms with Crippen LogP contribution in [0.4, 0.5) is 4.39 Å². The molecular formula is C36H38FN5O5S. The van der Waals surface area contributed by atoms with E-state index in [1.165, 1.54) is 6.07 Å². The molecule has 48 heavy (non-hydrogen) atoms. The SMILES string of the molecule is O=C(c1ccc2cccnc2c1)N1CCOC2(CCN(Cc3cc(F)cc(CCNCC(O)c4ccc(O)c5[nH]c(=O)sc45)c3)CC2)C1. The highest BCUT2D eigenvalue weighted by Crippen LogP contribution is 2.33. The summed E-state index contributed by atoms with van der Waals surface area (Å²) in [5.41, 5.74) is 3.73. The number of morpholine rings is 1. The highest BCUT2D eigenvalue weighted by atomic mass is 32.1. The first-order chi connectivity index (χ1) is 23.2. The number of benzene rings is 3. The van der Waals surface area contributed by atoms with Crippen molar-refractivity contribution in [1.29, 1.82) is 0 Å². The summed E-state index contributed by atoms with van der Waals surface area (Å²) < 4.78 is 21.5. The number of likely N-dealkylation sites (tertiary alicyclic amines) is 1. The highest BCUT2D eigenvalue weighted by molar-refractivity contribution is 7.16. The summed E-state index contributed by atoms with van der Waals surface area (Å²) in [6.07, 6.45) is 3.01. The van der Waals surface area contributed by atoms with E-state index < -0.39 is 6.10 Å². The van der Waals surface area contributed by atoms with Gasteiger partial charge in [-0.15, -0.1) is 0 Å². The predicted molar refractivity (Wildman–Crippen MR) is 183 cm³/mol. The predicted octanol–water partition coefficient (Wildman–Crippen LogP) is 4.36. The topological polar surface area (TPSA) is 131 Å². The lowest BCUT2D eigenvalue weighted by molar-refractivity contribution is -0.127. The van der Waals surface area contributed by atoms with Crippen molar-refractivity contribution in [2.24, 2.45) is 0 Å². The fourth-order valence-electron chi connectivity index (χ4n) is 6.92. The number of H-pyrrole nitrogens is 1. The third kappa shape index (κ3) is 6.99. The Labute approximate surface area is 280 Å². The number of aliphatic hydroxyl groups excluding tert-OH is 1. The van der Waals surface area contributed by atoms with Gasteiger partial charge in [-0.25, -0.2) is 4.39 Å². The third-order valence-corrected chi connectivity index (χ3v) is 10.4. The second-order valence-corrected chi connectivity index (χ2v) is 13.8. The number of piperidine rings is 1. The molecule has 2 aromatic heterocycles. The van der Waals surface area contributed by atoms with Gasteiger partial charge in [-0.3, -0.25) is 19.5 Å². The van der Waals surface area contributed by atoms with Crippen LogP contribution in [0.25, 0.3) is 21.1 Å². The molecule has 2 aliphatic rings. The summed E-state index contributed by atoms with van der Waals surface area (Å²) in [5, 5.41) is 25.0. The van der Waals surface area contributed by atoms with Gasteiger partial charge in [0.1, 0.15) is 17.1 Å². The number of hydrogen-bond donors (Lipinski definition) is 4. The zero-order valence-corrected chi connectivity index (χ0v) is 27.3. The van der Waals surface area contributed by atoms with Crippen molar-refractivity contribution in [2.75, 3.05) is 45.9 Å². The molecule has 4 N–H and O–H groups in total. The van der Waals surface area contributed by atoms with Crippen LogP contribution in [0.5, 0.6) is 5.75 Å². The monoisotopic (exact) mass is 671 g/mol. The Bertz CT molecular complexity index is 2010. The van der Waals surface area contributed by atoms with Gasteiger partial charge in [0.2, 0.25) is 0 Å². The van der Waals surface area contributed by atoms with Crippen molar-refractivity contribution in [3.63, 3.8) is 0 Å². The number of phenolic OH excluding ortho intramolecular Hbond substituents is 1. The summed E-state index contributed by atoms with van der Waals surface area (Å²) in [6, 6.07) is 17.8. The molecule has 7 rings (SSSR count). The number of aromatic amines is 1. The quantitative estimate of drug-likeness (QED) is 0.170. The molecule has 3 aromatic carbocycles. The van der Waals surface area contributed by atoms with Crippen LogP contribution in [-0.2, 0) is 17.7 Å². The number of hydrogen-bond acceptors (Lipinski definition) is 9. The summed E-state index contributed by atoms with van der Waals surface area (Å²) in [5.74, 6) is -0.311. The van der Waals surface area contributed by atoms with Gasteiger partial charge < -0.3 is 30.2 Å². The number of halogens is 1. The second-order valence-electron chi connectivity index (χ2n) is 12.8. The first-order valence-corrected chi connectivity index (χ1v) is 17.1. The Kier molecular flexibility index (Phi) is 9.25. The van der Waals surface area contributed by atoms with Crippen molar-refractivity contribution < 1.29 is 24.1 Å². The molecule has 12 heteroatoms. The molecule has 1 atom stereocenters. The fraction of sp³-hybridized carbons (Fsp3) is 0.361. The van der Waals surface area contributed by atoms with E-state index in [0.717, 1.165) is 59.3 Å². The normalized spacial score (nSPS) is 17.3. The number of aromatic nitrogens is 2. The Hall–Kier alpha value is -4.20. The molecule has 2 saturated heterocycles. The molecule has 1 spiro atoms. The number of ether oxygens (including phenoxy) is 1. The average Bonchev–Trinajstić information content (AvgIpc) is 3.49. The van der Waals surface area contributed by atoms with Crippen molar-refractivity contribution >= 4 is 38.4 Å². The zero-order chi connectivity index (χ0) is 33.3. The van der Waals surface area contributed by atoms with Crippen LogP contribution in [0.3, 0.4) is 0 Å². The minimum atomic E-state index is -0.876. The van der Waals surface area contributed by atoms with E-state index in [0.29, 0.717) is 60.6 Å². The molecule has 0 bridgehead atoms. The minimum absolute atomic E-state index is 0.000555. The average molecular weight is 672 g/mol. The number of nitrogens with one attached hydrogen (secondary N) is 2. The number of phenols is 1. The lowest BCUT2D eigenvalue weighted by Crippen LogP contribution is -2.57. The number of rotatable bonds is 9. The fourth-order valence-corrected chi connectivity index (χ4v) is 7.83. The highest BCUT2D eigenvalue weighted by Gasteiger charge is 2.41. The van der Waals surface area contributed by atoms with Gasteiger partial charge in [0, 0.05) is 55.4 Å². The molecule has 250 valence electrons. The van der Waals surface area contributed by atoms with Gasteiger partial charge in [0.15, 0.2) is 0 Å². The van der Waals surface area contributed by atoms with Crippen molar-refractivity contribution in [2.45, 2.75) is 37.5 Å². The number of carbonyl (C=O) groups excluding carboxylic acids is 1. The third-order valence-electron chi connectivity index (χ3n) is 9.45. The molecule has 0 aliphatic carbocycles. The first-order valence-electron chi connectivity index (χ1n) is 16.3. The first kappa shape index (κ1) is 32.4. The summed E-state index contributed by atoms with van der Waals surface area (Å²) in [4.78, 5) is 36.2. The Morgan fingerprint density at radius 3 is 2.79 bits per heavy atom. The van der Waals surface area contributed by atoms with Crippen molar-refractivity contribution in [3.05, 3.63) is 105 Å². The summed E-state index contributed by atoms with van der Waals surface area (Å²) in [6.45, 7) is 4.57. The molecule has 0 saturated carbocycles. The molecule has 10 nitrogen and oxygen atoms in total. The van der Waals surface area contributed by atoms with Gasteiger partial charge in [-0.2, -0.15) is 0 Å². The van der Waals surface area contributed by atoms with Crippen LogP contribution in [-0.4, -0.2) is 87.4 Å². The van der Waals surface area contributed by atoms with Crippen LogP contribution < -0.4 is 10.2 Å². The summed E-state index contributed by atoms with van der Waals surface area (Å²) >= 11 is 0.952. The molecule has 5 aromatic rings. The van der Waals surface area contributed by atoms with E-state index in [2.05, 4.69) is 20.2 Å². The van der Waals surface area contributed by atoms with Crippen molar-refractivity contribution in [3.8, 4) is 5.75 Å². The molecule has 2 fully saturated rings. The Morgan fingerprint density at radius 2 is 1.94 bits per heavy atom. The van der Waals surface area contributed by atoms with Crippen molar-refractivity contribution in [1.82, 2.24) is 25.1 Å². The molecular weight excluding hydrogens is 633 g/mol. The lowest BCUT2D eigenvalue weighted by atomic mass is 9.88. The van der Waals surface area contributed by atoms with Crippen LogP contribution in [0.1, 0.15) is 46.0 Å². The number of thiazole rings is 1.